The number of methoxy groups -OCH3 is 2. The monoisotopic (exact) mass is 286 g/mol. The first kappa shape index (κ1) is 12.6. The number of hydrogen-bond acceptors (Lipinski definition) is 3. The maximum atomic E-state index is 10.6. The molecule has 0 aliphatic carbocycles. The van der Waals surface area contributed by atoms with Gasteiger partial charge in [-0.25, -0.2) is 4.79 Å². The maximum absolute atomic E-state index is 10.6. The van der Waals surface area contributed by atoms with Gasteiger partial charge in [-0.1, -0.05) is 6.07 Å². The fourth-order valence-electron chi connectivity index (χ4n) is 1.15. The average molecular weight is 287 g/mol. The number of ether oxygens (including phenoxy) is 2. The Labute approximate surface area is 102 Å². The molecule has 1 aromatic carbocycles. The first-order valence-corrected chi connectivity index (χ1v) is 5.20. The highest BCUT2D eigenvalue weighted by molar-refractivity contribution is 9.12. The van der Waals surface area contributed by atoms with E-state index < -0.39 is 5.97 Å². The standard InChI is InChI=1S/C11H11BrO4/c1-15-9-4-3-7(6-10(9)16-2)5-8(12)11(13)14/h3-6H,1-2H3,(H,13,14). The van der Waals surface area contributed by atoms with Gasteiger partial charge in [-0.05, 0) is 39.7 Å². The molecule has 0 saturated carbocycles. The molecule has 0 heterocycles. The number of aliphatic carboxylic acids is 1. The number of benzene rings is 1. The summed E-state index contributed by atoms with van der Waals surface area (Å²) in [4.78, 5) is 10.6. The lowest BCUT2D eigenvalue weighted by Gasteiger charge is -2.07. The van der Waals surface area contributed by atoms with Crippen LogP contribution in [0.1, 0.15) is 5.56 Å². The number of carboxylic acids is 1. The van der Waals surface area contributed by atoms with Crippen LogP contribution in [0.4, 0.5) is 0 Å². The first-order valence-electron chi connectivity index (χ1n) is 4.41. The van der Waals surface area contributed by atoms with Crippen molar-refractivity contribution in [1.29, 1.82) is 0 Å². The van der Waals surface area contributed by atoms with Crippen molar-refractivity contribution in [3.63, 3.8) is 0 Å². The summed E-state index contributed by atoms with van der Waals surface area (Å²) in [5, 5.41) is 8.70. The zero-order valence-electron chi connectivity index (χ0n) is 8.86. The maximum Gasteiger partial charge on any atom is 0.342 e. The van der Waals surface area contributed by atoms with Crippen molar-refractivity contribution < 1.29 is 19.4 Å². The molecule has 0 spiro atoms. The molecule has 4 nitrogen and oxygen atoms in total. The minimum absolute atomic E-state index is 0.0831. The summed E-state index contributed by atoms with van der Waals surface area (Å²) in [6, 6.07) is 5.15. The van der Waals surface area contributed by atoms with E-state index in [1.165, 1.54) is 13.2 Å². The minimum Gasteiger partial charge on any atom is -0.493 e. The van der Waals surface area contributed by atoms with Crippen LogP contribution in [0.2, 0.25) is 0 Å². The van der Waals surface area contributed by atoms with E-state index in [0.29, 0.717) is 17.1 Å². The van der Waals surface area contributed by atoms with Gasteiger partial charge >= 0.3 is 5.97 Å². The van der Waals surface area contributed by atoms with E-state index in [0.717, 1.165) is 0 Å². The van der Waals surface area contributed by atoms with Crippen molar-refractivity contribution in [2.75, 3.05) is 14.2 Å². The van der Waals surface area contributed by atoms with Crippen LogP contribution in [0.5, 0.6) is 11.5 Å². The summed E-state index contributed by atoms with van der Waals surface area (Å²) in [7, 11) is 3.07. The summed E-state index contributed by atoms with van der Waals surface area (Å²) >= 11 is 2.95. The van der Waals surface area contributed by atoms with E-state index >= 15 is 0 Å². The molecule has 0 atom stereocenters. The summed E-state index contributed by atoms with van der Waals surface area (Å²) in [6.45, 7) is 0. The fourth-order valence-corrected chi connectivity index (χ4v) is 1.41. The lowest BCUT2D eigenvalue weighted by molar-refractivity contribution is -0.131. The number of halogens is 1. The lowest BCUT2D eigenvalue weighted by Crippen LogP contribution is -1.94. The van der Waals surface area contributed by atoms with Crippen LogP contribution in [0, 0.1) is 0 Å². The van der Waals surface area contributed by atoms with Gasteiger partial charge in [0.15, 0.2) is 11.5 Å². The van der Waals surface area contributed by atoms with Crippen molar-refractivity contribution in [2.24, 2.45) is 0 Å². The Kier molecular flexibility index (Phi) is 4.37. The topological polar surface area (TPSA) is 55.8 Å². The Bertz CT molecular complexity index is 426. The van der Waals surface area contributed by atoms with Gasteiger partial charge < -0.3 is 14.6 Å². The van der Waals surface area contributed by atoms with Crippen LogP contribution in [0.15, 0.2) is 22.7 Å². The van der Waals surface area contributed by atoms with Crippen LogP contribution < -0.4 is 9.47 Å². The zero-order chi connectivity index (χ0) is 12.1. The molecule has 1 aromatic rings. The molecule has 0 unspecified atom stereocenters. The van der Waals surface area contributed by atoms with Gasteiger partial charge in [0, 0.05) is 0 Å². The molecule has 0 fully saturated rings. The van der Waals surface area contributed by atoms with Gasteiger partial charge in [0.1, 0.15) is 4.48 Å². The molecule has 86 valence electrons. The fraction of sp³-hybridized carbons (Fsp3) is 0.182. The molecule has 16 heavy (non-hydrogen) atoms. The van der Waals surface area contributed by atoms with Crippen LogP contribution in [0.25, 0.3) is 6.08 Å². The number of rotatable bonds is 4. The van der Waals surface area contributed by atoms with E-state index in [2.05, 4.69) is 15.9 Å². The van der Waals surface area contributed by atoms with E-state index in [4.69, 9.17) is 14.6 Å². The van der Waals surface area contributed by atoms with Crippen molar-refractivity contribution >= 4 is 28.0 Å². The van der Waals surface area contributed by atoms with E-state index in [9.17, 15) is 4.79 Å². The Morgan fingerprint density at radius 2 is 1.94 bits per heavy atom. The van der Waals surface area contributed by atoms with E-state index in [-0.39, 0.29) is 4.48 Å². The van der Waals surface area contributed by atoms with Gasteiger partial charge in [-0.15, -0.1) is 0 Å². The first-order chi connectivity index (χ1) is 7.58. The third-order valence-corrected chi connectivity index (χ3v) is 2.47. The van der Waals surface area contributed by atoms with Gasteiger partial charge in [-0.2, -0.15) is 0 Å². The summed E-state index contributed by atoms with van der Waals surface area (Å²) in [6.07, 6.45) is 1.49. The average Bonchev–Trinajstić information content (AvgIpc) is 2.28. The van der Waals surface area contributed by atoms with Crippen molar-refractivity contribution in [1.82, 2.24) is 0 Å². The molecule has 0 aliphatic heterocycles. The van der Waals surface area contributed by atoms with Gasteiger partial charge in [0.2, 0.25) is 0 Å². The molecule has 0 radical (unpaired) electrons. The second kappa shape index (κ2) is 5.55. The van der Waals surface area contributed by atoms with Crippen molar-refractivity contribution in [3.05, 3.63) is 28.2 Å². The van der Waals surface area contributed by atoms with Crippen molar-refractivity contribution in [2.45, 2.75) is 0 Å². The normalized spacial score (nSPS) is 11.1. The van der Waals surface area contributed by atoms with Crippen LogP contribution in [-0.4, -0.2) is 25.3 Å². The second-order valence-electron chi connectivity index (χ2n) is 2.91. The number of carboxylic acid groups (broad SMARTS) is 1. The Hall–Kier alpha value is -1.49. The summed E-state index contributed by atoms with van der Waals surface area (Å²) < 4.78 is 10.3. The summed E-state index contributed by atoms with van der Waals surface area (Å²) in [5.74, 6) is 0.142. The highest BCUT2D eigenvalue weighted by atomic mass is 79.9. The molecule has 1 N–H and O–H groups in total. The Balaban J connectivity index is 3.09. The van der Waals surface area contributed by atoms with Crippen LogP contribution in [0.3, 0.4) is 0 Å². The third kappa shape index (κ3) is 3.00. The van der Waals surface area contributed by atoms with Crippen LogP contribution in [-0.2, 0) is 4.79 Å². The van der Waals surface area contributed by atoms with Gasteiger partial charge in [-0.3, -0.25) is 0 Å². The smallest absolute Gasteiger partial charge is 0.342 e. The number of carbonyl (C=O) groups is 1. The molecule has 5 heteroatoms. The van der Waals surface area contributed by atoms with E-state index in [1.54, 1.807) is 25.3 Å². The molecule has 0 bridgehead atoms. The predicted octanol–water partition coefficient (Wildman–Crippen LogP) is 2.52. The lowest BCUT2D eigenvalue weighted by atomic mass is 10.2. The highest BCUT2D eigenvalue weighted by Crippen LogP contribution is 2.28. The quantitative estimate of drug-likeness (QED) is 0.864. The zero-order valence-corrected chi connectivity index (χ0v) is 10.4. The molecule has 0 saturated heterocycles. The predicted molar refractivity (Wildman–Crippen MR) is 64.1 cm³/mol. The molecule has 0 aliphatic rings. The van der Waals surface area contributed by atoms with Crippen molar-refractivity contribution in [3.8, 4) is 11.5 Å². The number of hydrogen-bond donors (Lipinski definition) is 1. The molecular formula is C11H11BrO4. The minimum atomic E-state index is -1.02. The van der Waals surface area contributed by atoms with E-state index in [1.807, 2.05) is 0 Å². The molecule has 0 aromatic heterocycles. The highest BCUT2D eigenvalue weighted by Gasteiger charge is 2.06. The van der Waals surface area contributed by atoms with Crippen LogP contribution >= 0.6 is 15.9 Å². The molecular weight excluding hydrogens is 276 g/mol. The largest absolute Gasteiger partial charge is 0.493 e. The second-order valence-corrected chi connectivity index (χ2v) is 3.77. The SMILES string of the molecule is COc1ccc(C=C(Br)C(=O)O)cc1OC. The molecule has 0 amide bonds. The van der Waals surface area contributed by atoms with Gasteiger partial charge in [0.05, 0.1) is 14.2 Å². The summed E-state index contributed by atoms with van der Waals surface area (Å²) in [5.41, 5.74) is 0.715. The molecule has 1 rings (SSSR count). The van der Waals surface area contributed by atoms with Gasteiger partial charge in [0.25, 0.3) is 0 Å². The Morgan fingerprint density at radius 1 is 1.31 bits per heavy atom. The Morgan fingerprint density at radius 3 is 2.44 bits per heavy atom. The third-order valence-electron chi connectivity index (χ3n) is 1.91.